The molecule has 0 saturated carbocycles. The molecule has 1 N–H and O–H groups in total. The van der Waals surface area contributed by atoms with E-state index in [0.29, 0.717) is 5.58 Å². The van der Waals surface area contributed by atoms with E-state index in [1.54, 1.807) is 12.4 Å². The van der Waals surface area contributed by atoms with Gasteiger partial charge in [-0.2, -0.15) is 0 Å². The number of nitrogens with zero attached hydrogens (tertiary/aromatic N) is 2. The van der Waals surface area contributed by atoms with Gasteiger partial charge < -0.3 is 14.3 Å². The molecule has 21 heavy (non-hydrogen) atoms. The van der Waals surface area contributed by atoms with Crippen LogP contribution in [0.2, 0.25) is 0 Å². The van der Waals surface area contributed by atoms with Crippen molar-refractivity contribution in [3.63, 3.8) is 0 Å². The Morgan fingerprint density at radius 1 is 1.38 bits per heavy atom. The van der Waals surface area contributed by atoms with Gasteiger partial charge >= 0.3 is 0 Å². The standard InChI is InChI=1S/C16H18FN3O/c1-3-6-19-16(13-9-18-10-20(13)2)15-8-11-7-12(17)4-5-14(11)21-15/h4-5,7-10,16,19H,3,6H2,1-2H3. The van der Waals surface area contributed by atoms with Gasteiger partial charge in [-0.05, 0) is 37.2 Å². The number of imidazole rings is 1. The molecule has 0 bridgehead atoms. The molecule has 0 spiro atoms. The molecular formula is C16H18FN3O. The minimum absolute atomic E-state index is 0.0899. The smallest absolute Gasteiger partial charge is 0.134 e. The number of halogens is 1. The van der Waals surface area contributed by atoms with Crippen LogP contribution >= 0.6 is 0 Å². The van der Waals surface area contributed by atoms with Gasteiger partial charge in [0.1, 0.15) is 23.2 Å². The maximum atomic E-state index is 13.3. The average molecular weight is 287 g/mol. The van der Waals surface area contributed by atoms with Crippen molar-refractivity contribution >= 4 is 11.0 Å². The number of aryl methyl sites for hydroxylation is 1. The van der Waals surface area contributed by atoms with Crippen molar-refractivity contribution in [3.8, 4) is 0 Å². The van der Waals surface area contributed by atoms with Gasteiger partial charge in [-0.25, -0.2) is 9.37 Å². The summed E-state index contributed by atoms with van der Waals surface area (Å²) < 4.78 is 21.2. The summed E-state index contributed by atoms with van der Waals surface area (Å²) in [7, 11) is 1.95. The summed E-state index contributed by atoms with van der Waals surface area (Å²) >= 11 is 0. The predicted molar refractivity (Wildman–Crippen MR) is 79.5 cm³/mol. The molecule has 3 rings (SSSR count). The molecule has 1 aromatic carbocycles. The van der Waals surface area contributed by atoms with Crippen LogP contribution in [0.15, 0.2) is 41.2 Å². The first-order valence-corrected chi connectivity index (χ1v) is 7.07. The van der Waals surface area contributed by atoms with Gasteiger partial charge in [0, 0.05) is 12.4 Å². The van der Waals surface area contributed by atoms with Crippen LogP contribution in [0.5, 0.6) is 0 Å². The lowest BCUT2D eigenvalue weighted by Crippen LogP contribution is -2.24. The van der Waals surface area contributed by atoms with E-state index >= 15 is 0 Å². The Bertz CT molecular complexity index is 747. The lowest BCUT2D eigenvalue weighted by atomic mass is 10.1. The van der Waals surface area contributed by atoms with E-state index in [9.17, 15) is 4.39 Å². The SMILES string of the molecule is CCCNC(c1cc2cc(F)ccc2o1)c1cncn1C. The van der Waals surface area contributed by atoms with Crippen molar-refractivity contribution in [1.82, 2.24) is 14.9 Å². The van der Waals surface area contributed by atoms with Crippen molar-refractivity contribution in [2.24, 2.45) is 7.05 Å². The molecule has 0 aliphatic heterocycles. The molecule has 0 radical (unpaired) electrons. The van der Waals surface area contributed by atoms with Crippen LogP contribution in [-0.4, -0.2) is 16.1 Å². The van der Waals surface area contributed by atoms with Gasteiger partial charge in [0.2, 0.25) is 0 Å². The minimum atomic E-state index is -0.256. The molecule has 4 nitrogen and oxygen atoms in total. The molecule has 110 valence electrons. The van der Waals surface area contributed by atoms with Crippen molar-refractivity contribution in [3.05, 3.63) is 54.1 Å². The zero-order valence-corrected chi connectivity index (χ0v) is 12.1. The first-order chi connectivity index (χ1) is 10.2. The fourth-order valence-corrected chi connectivity index (χ4v) is 2.46. The summed E-state index contributed by atoms with van der Waals surface area (Å²) in [6.07, 6.45) is 4.60. The summed E-state index contributed by atoms with van der Waals surface area (Å²) in [5.41, 5.74) is 1.71. The zero-order valence-electron chi connectivity index (χ0n) is 12.1. The molecule has 1 unspecified atom stereocenters. The van der Waals surface area contributed by atoms with Crippen LogP contribution < -0.4 is 5.32 Å². The normalized spacial score (nSPS) is 12.9. The Balaban J connectivity index is 2.03. The maximum Gasteiger partial charge on any atom is 0.134 e. The average Bonchev–Trinajstić information content (AvgIpc) is 3.06. The van der Waals surface area contributed by atoms with Crippen molar-refractivity contribution < 1.29 is 8.81 Å². The molecule has 0 amide bonds. The first-order valence-electron chi connectivity index (χ1n) is 7.07. The summed E-state index contributed by atoms with van der Waals surface area (Å²) in [6, 6.07) is 6.36. The number of hydrogen-bond donors (Lipinski definition) is 1. The largest absolute Gasteiger partial charge is 0.459 e. The van der Waals surface area contributed by atoms with Gasteiger partial charge in [0.05, 0.1) is 18.2 Å². The molecule has 0 saturated heterocycles. The Morgan fingerprint density at radius 2 is 2.24 bits per heavy atom. The summed E-state index contributed by atoms with van der Waals surface area (Å²) in [6.45, 7) is 2.97. The van der Waals surface area contributed by atoms with Gasteiger partial charge in [0.15, 0.2) is 0 Å². The quantitative estimate of drug-likeness (QED) is 0.782. The van der Waals surface area contributed by atoms with E-state index in [1.165, 1.54) is 12.1 Å². The van der Waals surface area contributed by atoms with E-state index < -0.39 is 0 Å². The topological polar surface area (TPSA) is 43.0 Å². The Hall–Kier alpha value is -2.14. The molecule has 2 heterocycles. The lowest BCUT2D eigenvalue weighted by Gasteiger charge is -2.16. The summed E-state index contributed by atoms with van der Waals surface area (Å²) in [5, 5.41) is 4.23. The number of aromatic nitrogens is 2. The molecular weight excluding hydrogens is 269 g/mol. The lowest BCUT2D eigenvalue weighted by molar-refractivity contribution is 0.456. The van der Waals surface area contributed by atoms with Crippen molar-refractivity contribution in [2.75, 3.05) is 6.54 Å². The fraction of sp³-hybridized carbons (Fsp3) is 0.312. The highest BCUT2D eigenvalue weighted by Crippen LogP contribution is 2.28. The number of nitrogens with one attached hydrogen (secondary N) is 1. The van der Waals surface area contributed by atoms with Crippen LogP contribution in [-0.2, 0) is 7.05 Å². The molecule has 0 aliphatic rings. The third-order valence-corrected chi connectivity index (χ3v) is 3.53. The van der Waals surface area contributed by atoms with E-state index in [-0.39, 0.29) is 11.9 Å². The van der Waals surface area contributed by atoms with Crippen LogP contribution in [0.3, 0.4) is 0 Å². The fourth-order valence-electron chi connectivity index (χ4n) is 2.46. The third kappa shape index (κ3) is 2.69. The molecule has 2 aromatic heterocycles. The van der Waals surface area contributed by atoms with Crippen molar-refractivity contribution in [2.45, 2.75) is 19.4 Å². The van der Waals surface area contributed by atoms with Crippen molar-refractivity contribution in [1.29, 1.82) is 0 Å². The van der Waals surface area contributed by atoms with E-state index in [4.69, 9.17) is 4.42 Å². The highest BCUT2D eigenvalue weighted by Gasteiger charge is 2.20. The molecule has 3 aromatic rings. The molecule has 0 fully saturated rings. The van der Waals surface area contributed by atoms with Crippen LogP contribution in [0.25, 0.3) is 11.0 Å². The minimum Gasteiger partial charge on any atom is -0.459 e. The Morgan fingerprint density at radius 3 is 2.95 bits per heavy atom. The second kappa shape index (κ2) is 5.69. The molecule has 1 atom stereocenters. The van der Waals surface area contributed by atoms with E-state index in [1.807, 2.05) is 23.9 Å². The van der Waals surface area contributed by atoms with Crippen LogP contribution in [0, 0.1) is 5.82 Å². The molecule has 5 heteroatoms. The Kier molecular flexibility index (Phi) is 3.75. The number of rotatable bonds is 5. The van der Waals surface area contributed by atoms with E-state index in [0.717, 1.165) is 29.8 Å². The monoisotopic (exact) mass is 287 g/mol. The predicted octanol–water partition coefficient (Wildman–Crippen LogP) is 3.39. The van der Waals surface area contributed by atoms with Crippen LogP contribution in [0.4, 0.5) is 4.39 Å². The van der Waals surface area contributed by atoms with Gasteiger partial charge in [-0.3, -0.25) is 0 Å². The number of hydrogen-bond acceptors (Lipinski definition) is 3. The van der Waals surface area contributed by atoms with Crippen LogP contribution in [0.1, 0.15) is 30.8 Å². The zero-order chi connectivity index (χ0) is 14.8. The second-order valence-corrected chi connectivity index (χ2v) is 5.15. The number of fused-ring (bicyclic) bond motifs is 1. The first kappa shape index (κ1) is 13.8. The number of benzene rings is 1. The third-order valence-electron chi connectivity index (χ3n) is 3.53. The highest BCUT2D eigenvalue weighted by molar-refractivity contribution is 5.78. The second-order valence-electron chi connectivity index (χ2n) is 5.15. The van der Waals surface area contributed by atoms with Gasteiger partial charge in [-0.1, -0.05) is 6.92 Å². The summed E-state index contributed by atoms with van der Waals surface area (Å²) in [5.74, 6) is 0.515. The van der Waals surface area contributed by atoms with Gasteiger partial charge in [0.25, 0.3) is 0 Å². The van der Waals surface area contributed by atoms with E-state index in [2.05, 4.69) is 17.2 Å². The number of furan rings is 1. The maximum absolute atomic E-state index is 13.3. The Labute approximate surface area is 122 Å². The highest BCUT2D eigenvalue weighted by atomic mass is 19.1. The summed E-state index contributed by atoms with van der Waals surface area (Å²) in [4.78, 5) is 4.17. The van der Waals surface area contributed by atoms with Gasteiger partial charge in [-0.15, -0.1) is 0 Å². The molecule has 0 aliphatic carbocycles.